The summed E-state index contributed by atoms with van der Waals surface area (Å²) >= 11 is 5.79. The van der Waals surface area contributed by atoms with Crippen molar-refractivity contribution in [3.8, 4) is 11.5 Å². The fraction of sp³-hybridized carbons (Fsp3) is 0.263. The minimum absolute atomic E-state index is 0.0581. The summed E-state index contributed by atoms with van der Waals surface area (Å²) in [6.45, 7) is -0.498. The maximum absolute atomic E-state index is 12.0. The van der Waals surface area contributed by atoms with Gasteiger partial charge in [0.05, 0.1) is 11.5 Å². The molecule has 0 saturated carbocycles. The van der Waals surface area contributed by atoms with Crippen molar-refractivity contribution in [2.45, 2.75) is 0 Å². The van der Waals surface area contributed by atoms with Crippen molar-refractivity contribution in [3.05, 3.63) is 63.7 Å². The first-order chi connectivity index (χ1) is 13.9. The van der Waals surface area contributed by atoms with Crippen LogP contribution in [0.25, 0.3) is 0 Å². The van der Waals surface area contributed by atoms with E-state index in [1.54, 1.807) is 31.3 Å². The SMILES string of the molecule is CN(CCOc1ccc(Cl)cc1)C(=O)COC(=O)COc1ccccc1[N+](=O)[O-]. The molecular weight excluding hydrogens is 404 g/mol. The number of para-hydroxylation sites is 2. The summed E-state index contributed by atoms with van der Waals surface area (Å²) < 4.78 is 15.4. The number of nitro benzene ring substituents is 1. The number of likely N-dealkylation sites (N-methyl/N-ethyl adjacent to an activating group) is 1. The van der Waals surface area contributed by atoms with Crippen molar-refractivity contribution < 1.29 is 28.7 Å². The van der Waals surface area contributed by atoms with Crippen LogP contribution < -0.4 is 9.47 Å². The Hall–Kier alpha value is -3.33. The van der Waals surface area contributed by atoms with E-state index in [-0.39, 0.29) is 24.6 Å². The number of rotatable bonds is 10. The quantitative estimate of drug-likeness (QED) is 0.329. The van der Waals surface area contributed by atoms with Crippen LogP contribution in [-0.2, 0) is 14.3 Å². The molecule has 2 aromatic carbocycles. The number of nitro groups is 1. The second-order valence-corrected chi connectivity index (χ2v) is 6.23. The number of carbonyl (C=O) groups is 2. The van der Waals surface area contributed by atoms with Crippen LogP contribution in [0.2, 0.25) is 5.02 Å². The first-order valence-corrected chi connectivity index (χ1v) is 8.89. The van der Waals surface area contributed by atoms with Gasteiger partial charge in [-0.1, -0.05) is 23.7 Å². The number of esters is 1. The van der Waals surface area contributed by atoms with Crippen molar-refractivity contribution in [1.29, 1.82) is 0 Å². The van der Waals surface area contributed by atoms with E-state index >= 15 is 0 Å². The molecule has 0 N–H and O–H groups in total. The number of amides is 1. The minimum atomic E-state index is -0.817. The molecule has 0 aliphatic carbocycles. The molecule has 0 aliphatic heterocycles. The molecule has 2 aromatic rings. The van der Waals surface area contributed by atoms with Crippen LogP contribution in [0.3, 0.4) is 0 Å². The van der Waals surface area contributed by atoms with Crippen LogP contribution in [0.5, 0.6) is 11.5 Å². The Labute approximate surface area is 171 Å². The number of nitrogens with zero attached hydrogens (tertiary/aromatic N) is 2. The smallest absolute Gasteiger partial charge is 0.344 e. The van der Waals surface area contributed by atoms with Gasteiger partial charge in [0.1, 0.15) is 12.4 Å². The Morgan fingerprint density at radius 2 is 1.76 bits per heavy atom. The van der Waals surface area contributed by atoms with Gasteiger partial charge in [-0.25, -0.2) is 4.79 Å². The van der Waals surface area contributed by atoms with E-state index in [0.29, 0.717) is 10.8 Å². The number of halogens is 1. The van der Waals surface area contributed by atoms with Crippen molar-refractivity contribution in [3.63, 3.8) is 0 Å². The number of hydrogen-bond donors (Lipinski definition) is 0. The lowest BCUT2D eigenvalue weighted by Gasteiger charge is -2.17. The highest BCUT2D eigenvalue weighted by Gasteiger charge is 2.17. The number of carbonyl (C=O) groups excluding carboxylic acids is 2. The number of ether oxygens (including phenoxy) is 3. The van der Waals surface area contributed by atoms with E-state index in [1.165, 1.54) is 29.2 Å². The van der Waals surface area contributed by atoms with Gasteiger partial charge in [-0.15, -0.1) is 0 Å². The predicted octanol–water partition coefficient (Wildman–Crippen LogP) is 2.71. The largest absolute Gasteiger partial charge is 0.492 e. The first kappa shape index (κ1) is 22.0. The highest BCUT2D eigenvalue weighted by Crippen LogP contribution is 2.25. The van der Waals surface area contributed by atoms with Gasteiger partial charge in [-0.2, -0.15) is 0 Å². The van der Waals surface area contributed by atoms with E-state index < -0.39 is 30.0 Å². The van der Waals surface area contributed by atoms with E-state index in [4.69, 9.17) is 25.8 Å². The van der Waals surface area contributed by atoms with Crippen molar-refractivity contribution >= 4 is 29.2 Å². The average molecular weight is 423 g/mol. The maximum Gasteiger partial charge on any atom is 0.344 e. The molecule has 9 nitrogen and oxygen atoms in total. The summed E-state index contributed by atoms with van der Waals surface area (Å²) in [4.78, 5) is 35.4. The maximum atomic E-state index is 12.0. The van der Waals surface area contributed by atoms with E-state index in [1.807, 2.05) is 0 Å². The highest BCUT2D eigenvalue weighted by molar-refractivity contribution is 6.30. The third-order valence-corrected chi connectivity index (χ3v) is 3.95. The second kappa shape index (κ2) is 10.9. The zero-order valence-corrected chi connectivity index (χ0v) is 16.3. The van der Waals surface area contributed by atoms with Crippen LogP contribution in [0.4, 0.5) is 5.69 Å². The molecule has 1 amide bonds. The lowest BCUT2D eigenvalue weighted by molar-refractivity contribution is -0.385. The van der Waals surface area contributed by atoms with Crippen LogP contribution in [-0.4, -0.2) is 55.1 Å². The zero-order valence-electron chi connectivity index (χ0n) is 15.6. The molecule has 0 radical (unpaired) electrons. The van der Waals surface area contributed by atoms with E-state index in [0.717, 1.165) is 0 Å². The standard InChI is InChI=1S/C19H19ClN2O7/c1-21(10-11-27-15-8-6-14(20)7-9-15)18(23)12-29-19(24)13-28-17-5-3-2-4-16(17)22(25)26/h2-9H,10-13H2,1H3. The molecule has 0 aromatic heterocycles. The van der Waals surface area contributed by atoms with Gasteiger partial charge in [0.2, 0.25) is 0 Å². The molecule has 10 heteroatoms. The number of benzene rings is 2. The topological polar surface area (TPSA) is 108 Å². The lowest BCUT2D eigenvalue weighted by Crippen LogP contribution is -2.34. The summed E-state index contributed by atoms with van der Waals surface area (Å²) in [5.41, 5.74) is -0.267. The summed E-state index contributed by atoms with van der Waals surface area (Å²) in [7, 11) is 1.55. The molecule has 0 spiro atoms. The third kappa shape index (κ3) is 7.30. The van der Waals surface area contributed by atoms with Gasteiger partial charge in [0, 0.05) is 18.1 Å². The molecule has 0 atom stereocenters. The summed E-state index contributed by atoms with van der Waals surface area (Å²) in [6.07, 6.45) is 0. The molecule has 0 unspecified atom stereocenters. The first-order valence-electron chi connectivity index (χ1n) is 8.51. The van der Waals surface area contributed by atoms with Gasteiger partial charge in [0.25, 0.3) is 5.91 Å². The Balaban J connectivity index is 1.69. The Morgan fingerprint density at radius 3 is 2.45 bits per heavy atom. The normalized spacial score (nSPS) is 10.1. The summed E-state index contributed by atoms with van der Waals surface area (Å²) in [5, 5.41) is 11.5. The van der Waals surface area contributed by atoms with Crippen LogP contribution in [0, 0.1) is 10.1 Å². The fourth-order valence-electron chi connectivity index (χ4n) is 2.12. The molecule has 154 valence electrons. The Bertz CT molecular complexity index is 858. The van der Waals surface area contributed by atoms with Crippen molar-refractivity contribution in [1.82, 2.24) is 4.90 Å². The molecule has 0 bridgehead atoms. The molecule has 2 rings (SSSR count). The van der Waals surface area contributed by atoms with Gasteiger partial charge in [0.15, 0.2) is 19.0 Å². The molecule has 0 aliphatic rings. The molecular formula is C19H19ClN2O7. The fourth-order valence-corrected chi connectivity index (χ4v) is 2.24. The van der Waals surface area contributed by atoms with Gasteiger partial charge in [-0.05, 0) is 30.3 Å². The van der Waals surface area contributed by atoms with Crippen LogP contribution in [0.1, 0.15) is 0 Å². The van der Waals surface area contributed by atoms with Gasteiger partial charge in [-0.3, -0.25) is 14.9 Å². The van der Waals surface area contributed by atoms with E-state index in [9.17, 15) is 19.7 Å². The summed E-state index contributed by atoms with van der Waals surface area (Å²) in [5.74, 6) is -0.683. The summed E-state index contributed by atoms with van der Waals surface area (Å²) in [6, 6.07) is 12.4. The monoisotopic (exact) mass is 422 g/mol. The molecule has 0 saturated heterocycles. The Kier molecular flexibility index (Phi) is 8.23. The van der Waals surface area contributed by atoms with Crippen molar-refractivity contribution in [2.24, 2.45) is 0 Å². The predicted molar refractivity (Wildman–Crippen MR) is 104 cm³/mol. The third-order valence-electron chi connectivity index (χ3n) is 3.70. The Morgan fingerprint density at radius 1 is 1.07 bits per heavy atom. The highest BCUT2D eigenvalue weighted by atomic mass is 35.5. The minimum Gasteiger partial charge on any atom is -0.492 e. The number of hydrogen-bond acceptors (Lipinski definition) is 7. The van der Waals surface area contributed by atoms with Gasteiger partial charge >= 0.3 is 11.7 Å². The molecule has 0 heterocycles. The van der Waals surface area contributed by atoms with Crippen molar-refractivity contribution in [2.75, 3.05) is 33.4 Å². The lowest BCUT2D eigenvalue weighted by atomic mass is 10.3. The molecule has 0 fully saturated rings. The zero-order chi connectivity index (χ0) is 21.2. The van der Waals surface area contributed by atoms with Crippen LogP contribution in [0.15, 0.2) is 48.5 Å². The van der Waals surface area contributed by atoms with E-state index in [2.05, 4.69) is 0 Å². The second-order valence-electron chi connectivity index (χ2n) is 5.79. The van der Waals surface area contributed by atoms with Gasteiger partial charge < -0.3 is 19.1 Å². The average Bonchev–Trinajstić information content (AvgIpc) is 2.71. The molecule has 29 heavy (non-hydrogen) atoms. The van der Waals surface area contributed by atoms with Crippen LogP contribution >= 0.6 is 11.6 Å².